The Bertz CT molecular complexity index is 713. The number of anilines is 1. The van der Waals surface area contributed by atoms with E-state index in [-0.39, 0.29) is 18.0 Å². The zero-order valence-corrected chi connectivity index (χ0v) is 12.4. The molecule has 0 aliphatic rings. The molecule has 0 aliphatic carbocycles. The van der Waals surface area contributed by atoms with Crippen molar-refractivity contribution in [2.24, 2.45) is 0 Å². The average Bonchev–Trinajstić information content (AvgIpc) is 2.89. The summed E-state index contributed by atoms with van der Waals surface area (Å²) in [6, 6.07) is 2.88. The van der Waals surface area contributed by atoms with Crippen molar-refractivity contribution in [3.05, 3.63) is 50.0 Å². The molecular formula is C12H10BrN3O5. The lowest BCUT2D eigenvalue weighted by Crippen LogP contribution is -2.04. The van der Waals surface area contributed by atoms with E-state index >= 15 is 0 Å². The smallest absolute Gasteiger partial charge is 0.371 e. The molecule has 0 saturated carbocycles. The fourth-order valence-corrected chi connectivity index (χ4v) is 2.08. The Morgan fingerprint density at radius 2 is 2.29 bits per heavy atom. The number of nitrogens with zero attached hydrogens (tertiary/aromatic N) is 2. The number of carbonyl (C=O) groups is 1. The van der Waals surface area contributed by atoms with E-state index in [1.807, 2.05) is 0 Å². The Morgan fingerprint density at radius 1 is 1.57 bits per heavy atom. The molecule has 0 fully saturated rings. The maximum absolute atomic E-state index is 10.8. The summed E-state index contributed by atoms with van der Waals surface area (Å²) in [6.45, 7) is 1.81. The molecule has 9 heteroatoms. The number of hydrogen-bond donors (Lipinski definition) is 2. The first-order valence-electron chi connectivity index (χ1n) is 5.75. The maximum atomic E-state index is 10.8. The highest BCUT2D eigenvalue weighted by molar-refractivity contribution is 9.10. The van der Waals surface area contributed by atoms with Crippen molar-refractivity contribution in [2.45, 2.75) is 13.5 Å². The van der Waals surface area contributed by atoms with Gasteiger partial charge in [-0.1, -0.05) is 0 Å². The van der Waals surface area contributed by atoms with E-state index < -0.39 is 10.9 Å². The van der Waals surface area contributed by atoms with Gasteiger partial charge in [-0.05, 0) is 35.0 Å². The highest BCUT2D eigenvalue weighted by Crippen LogP contribution is 2.30. The third kappa shape index (κ3) is 3.19. The molecule has 0 radical (unpaired) electrons. The van der Waals surface area contributed by atoms with Gasteiger partial charge in [0, 0.05) is 5.56 Å². The maximum Gasteiger partial charge on any atom is 0.371 e. The molecule has 2 rings (SSSR count). The molecule has 0 aromatic carbocycles. The topological polar surface area (TPSA) is 118 Å². The standard InChI is InChI=1S/C12H10BrN3O5/c1-6-8(16(19)20)5-15-11(10(6)13)14-4-7-2-3-9(21-7)12(17)18/h2-3,5H,4H2,1H3,(H,14,15)(H,17,18). The van der Waals surface area contributed by atoms with Gasteiger partial charge in [-0.3, -0.25) is 10.1 Å². The summed E-state index contributed by atoms with van der Waals surface area (Å²) < 4.78 is 5.56. The predicted octanol–water partition coefficient (Wildman–Crippen LogP) is 2.96. The second-order valence-electron chi connectivity index (χ2n) is 4.11. The van der Waals surface area contributed by atoms with Crippen LogP contribution >= 0.6 is 15.9 Å². The minimum absolute atomic E-state index is 0.0846. The van der Waals surface area contributed by atoms with Gasteiger partial charge in [0.05, 0.1) is 15.9 Å². The highest BCUT2D eigenvalue weighted by atomic mass is 79.9. The number of carboxylic acids is 1. The van der Waals surface area contributed by atoms with Crippen LogP contribution in [0.15, 0.2) is 27.2 Å². The van der Waals surface area contributed by atoms with Gasteiger partial charge < -0.3 is 14.8 Å². The largest absolute Gasteiger partial charge is 0.475 e. The van der Waals surface area contributed by atoms with Crippen LogP contribution in [0.2, 0.25) is 0 Å². The Labute approximate surface area is 127 Å². The molecule has 21 heavy (non-hydrogen) atoms. The molecule has 0 atom stereocenters. The lowest BCUT2D eigenvalue weighted by Gasteiger charge is -2.08. The van der Waals surface area contributed by atoms with Crippen molar-refractivity contribution in [1.82, 2.24) is 4.98 Å². The first kappa shape index (κ1) is 15.0. The zero-order valence-electron chi connectivity index (χ0n) is 10.8. The second-order valence-corrected chi connectivity index (χ2v) is 4.91. The molecule has 0 saturated heterocycles. The molecule has 0 bridgehead atoms. The van der Waals surface area contributed by atoms with E-state index in [1.54, 1.807) is 6.92 Å². The summed E-state index contributed by atoms with van der Waals surface area (Å²) in [5.74, 6) is -0.478. The van der Waals surface area contributed by atoms with Gasteiger partial charge in [-0.2, -0.15) is 0 Å². The lowest BCUT2D eigenvalue weighted by atomic mass is 10.2. The van der Waals surface area contributed by atoms with Gasteiger partial charge in [-0.25, -0.2) is 9.78 Å². The highest BCUT2D eigenvalue weighted by Gasteiger charge is 2.17. The molecular weight excluding hydrogens is 346 g/mol. The number of nitrogens with one attached hydrogen (secondary N) is 1. The fraction of sp³-hybridized carbons (Fsp3) is 0.167. The minimum atomic E-state index is -1.15. The average molecular weight is 356 g/mol. The van der Waals surface area contributed by atoms with Gasteiger partial charge in [0.15, 0.2) is 0 Å². The number of aromatic nitrogens is 1. The Hall–Kier alpha value is -2.42. The summed E-state index contributed by atoms with van der Waals surface area (Å²) in [5, 5.41) is 22.5. The number of rotatable bonds is 5. The predicted molar refractivity (Wildman–Crippen MR) is 76.3 cm³/mol. The van der Waals surface area contributed by atoms with E-state index in [9.17, 15) is 14.9 Å². The SMILES string of the molecule is Cc1c([N+](=O)[O-])cnc(NCc2ccc(C(=O)O)o2)c1Br. The van der Waals surface area contributed by atoms with Gasteiger partial charge >= 0.3 is 5.97 Å². The molecule has 8 nitrogen and oxygen atoms in total. The molecule has 2 aromatic heterocycles. The van der Waals surface area contributed by atoms with Crippen LogP contribution in [0.4, 0.5) is 11.5 Å². The van der Waals surface area contributed by atoms with Gasteiger partial charge in [0.2, 0.25) is 5.76 Å². The van der Waals surface area contributed by atoms with E-state index in [1.165, 1.54) is 12.1 Å². The van der Waals surface area contributed by atoms with Crippen LogP contribution < -0.4 is 5.32 Å². The fourth-order valence-electron chi connectivity index (χ4n) is 1.64. The van der Waals surface area contributed by atoms with Crippen LogP contribution in [0.3, 0.4) is 0 Å². The molecule has 110 valence electrons. The van der Waals surface area contributed by atoms with Crippen molar-refractivity contribution < 1.29 is 19.2 Å². The van der Waals surface area contributed by atoms with Gasteiger partial charge in [0.25, 0.3) is 5.69 Å². The number of aromatic carboxylic acids is 1. The normalized spacial score (nSPS) is 10.4. The Morgan fingerprint density at radius 3 is 2.86 bits per heavy atom. The van der Waals surface area contributed by atoms with Crippen LogP contribution in [0.5, 0.6) is 0 Å². The minimum Gasteiger partial charge on any atom is -0.475 e. The second kappa shape index (κ2) is 5.92. The monoisotopic (exact) mass is 355 g/mol. The number of furan rings is 1. The third-order valence-electron chi connectivity index (χ3n) is 2.74. The number of pyridine rings is 1. The molecule has 0 aliphatic heterocycles. The lowest BCUT2D eigenvalue weighted by molar-refractivity contribution is -0.385. The Balaban J connectivity index is 2.14. The number of halogens is 1. The van der Waals surface area contributed by atoms with Crippen LogP contribution in [0, 0.1) is 17.0 Å². The van der Waals surface area contributed by atoms with E-state index in [2.05, 4.69) is 26.2 Å². The van der Waals surface area contributed by atoms with Crippen LogP contribution in [0.1, 0.15) is 21.9 Å². The summed E-state index contributed by atoms with van der Waals surface area (Å²) in [6.07, 6.45) is 1.16. The molecule has 2 heterocycles. The first-order valence-corrected chi connectivity index (χ1v) is 6.54. The summed E-state index contributed by atoms with van der Waals surface area (Å²) in [4.78, 5) is 24.9. The van der Waals surface area contributed by atoms with Gasteiger partial charge in [0.1, 0.15) is 17.8 Å². The van der Waals surface area contributed by atoms with Crippen molar-refractivity contribution in [3.8, 4) is 0 Å². The summed E-state index contributed by atoms with van der Waals surface area (Å²) in [5.41, 5.74) is 0.363. The summed E-state index contributed by atoms with van der Waals surface area (Å²) in [7, 11) is 0. The third-order valence-corrected chi connectivity index (χ3v) is 3.71. The van der Waals surface area contributed by atoms with Crippen LogP contribution in [0.25, 0.3) is 0 Å². The molecule has 2 N–H and O–H groups in total. The van der Waals surface area contributed by atoms with E-state index in [0.29, 0.717) is 21.6 Å². The van der Waals surface area contributed by atoms with Crippen molar-refractivity contribution >= 4 is 33.4 Å². The van der Waals surface area contributed by atoms with Gasteiger partial charge in [-0.15, -0.1) is 0 Å². The molecule has 0 spiro atoms. The van der Waals surface area contributed by atoms with Crippen LogP contribution in [-0.2, 0) is 6.54 Å². The van der Waals surface area contributed by atoms with E-state index in [0.717, 1.165) is 6.20 Å². The first-order chi connectivity index (χ1) is 9.90. The summed E-state index contributed by atoms with van der Waals surface area (Å²) >= 11 is 3.25. The number of nitro groups is 1. The number of hydrogen-bond acceptors (Lipinski definition) is 6. The Kier molecular flexibility index (Phi) is 4.22. The van der Waals surface area contributed by atoms with Crippen LogP contribution in [-0.4, -0.2) is 21.0 Å². The zero-order chi connectivity index (χ0) is 15.6. The molecule has 0 amide bonds. The quantitative estimate of drug-likeness (QED) is 0.624. The van der Waals surface area contributed by atoms with Crippen molar-refractivity contribution in [2.75, 3.05) is 5.32 Å². The van der Waals surface area contributed by atoms with E-state index in [4.69, 9.17) is 9.52 Å². The number of carboxylic acid groups (broad SMARTS) is 1. The van der Waals surface area contributed by atoms with Crippen molar-refractivity contribution in [3.63, 3.8) is 0 Å². The molecule has 2 aromatic rings. The molecule has 0 unspecified atom stereocenters. The van der Waals surface area contributed by atoms with Crippen molar-refractivity contribution in [1.29, 1.82) is 0 Å².